The van der Waals surface area contributed by atoms with Crippen molar-refractivity contribution in [2.24, 2.45) is 0 Å². The Labute approximate surface area is 72.7 Å². The lowest BCUT2D eigenvalue weighted by atomic mass is 10.3. The zero-order valence-corrected chi connectivity index (χ0v) is 7.43. The normalized spacial score (nSPS) is 24.6. The summed E-state index contributed by atoms with van der Waals surface area (Å²) in [5, 5.41) is 6.56. The van der Waals surface area contributed by atoms with Gasteiger partial charge in [-0.05, 0) is 19.5 Å². The predicted molar refractivity (Wildman–Crippen MR) is 45.9 cm³/mol. The van der Waals surface area contributed by atoms with Gasteiger partial charge in [0.15, 0.2) is 0 Å². The topological polar surface area (TPSA) is 50.4 Å². The summed E-state index contributed by atoms with van der Waals surface area (Å²) in [4.78, 5) is 10.5. The minimum Gasteiger partial charge on any atom is -0.464 e. The van der Waals surface area contributed by atoms with Crippen molar-refractivity contribution in [1.82, 2.24) is 10.6 Å². The van der Waals surface area contributed by atoms with Crippen molar-refractivity contribution in [3.63, 3.8) is 0 Å². The molecule has 1 aliphatic rings. The first kappa shape index (κ1) is 9.48. The zero-order valence-electron chi connectivity index (χ0n) is 7.43. The van der Waals surface area contributed by atoms with Gasteiger partial charge in [0.05, 0.1) is 6.04 Å². The van der Waals surface area contributed by atoms with Crippen molar-refractivity contribution in [3.8, 4) is 0 Å². The van der Waals surface area contributed by atoms with Crippen molar-refractivity contribution < 1.29 is 9.53 Å². The number of esters is 1. The van der Waals surface area contributed by atoms with E-state index in [4.69, 9.17) is 4.74 Å². The maximum absolute atomic E-state index is 10.5. The van der Waals surface area contributed by atoms with E-state index in [0.29, 0.717) is 6.61 Å². The fourth-order valence-electron chi connectivity index (χ4n) is 1.20. The van der Waals surface area contributed by atoms with Gasteiger partial charge in [-0.3, -0.25) is 4.79 Å². The third-order valence-electron chi connectivity index (χ3n) is 1.84. The third-order valence-corrected chi connectivity index (χ3v) is 1.84. The van der Waals surface area contributed by atoms with Crippen LogP contribution in [0.3, 0.4) is 0 Å². The summed E-state index contributed by atoms with van der Waals surface area (Å²) >= 11 is 0. The summed E-state index contributed by atoms with van der Waals surface area (Å²) in [6, 6.07) is 0.274. The van der Waals surface area contributed by atoms with Gasteiger partial charge in [-0.15, -0.1) is 0 Å². The highest BCUT2D eigenvalue weighted by atomic mass is 16.5. The van der Waals surface area contributed by atoms with Gasteiger partial charge >= 0.3 is 5.97 Å². The van der Waals surface area contributed by atoms with Crippen molar-refractivity contribution in [3.05, 3.63) is 0 Å². The molecule has 0 aromatic carbocycles. The van der Waals surface area contributed by atoms with Gasteiger partial charge in [-0.1, -0.05) is 0 Å². The van der Waals surface area contributed by atoms with Crippen LogP contribution in [0.5, 0.6) is 0 Å². The van der Waals surface area contributed by atoms with Gasteiger partial charge in [-0.2, -0.15) is 0 Å². The smallest absolute Gasteiger partial charge is 0.302 e. The van der Waals surface area contributed by atoms with Gasteiger partial charge in [0.2, 0.25) is 0 Å². The quantitative estimate of drug-likeness (QED) is 0.551. The molecule has 0 aromatic rings. The van der Waals surface area contributed by atoms with Crippen molar-refractivity contribution in [2.75, 3.05) is 26.2 Å². The molecule has 1 rings (SSSR count). The second-order valence-corrected chi connectivity index (χ2v) is 3.01. The molecule has 0 aromatic heterocycles. The van der Waals surface area contributed by atoms with Crippen LogP contribution < -0.4 is 10.6 Å². The summed E-state index contributed by atoms with van der Waals surface area (Å²) in [5.74, 6) is -0.207. The standard InChI is InChI=1S/C8H16N2O2/c1-7(11)12-6-8-5-9-3-2-4-10-8/h8-10H,2-6H2,1H3. The van der Waals surface area contributed by atoms with Crippen molar-refractivity contribution in [1.29, 1.82) is 0 Å². The minimum atomic E-state index is -0.207. The highest BCUT2D eigenvalue weighted by molar-refractivity contribution is 5.65. The molecule has 0 aliphatic carbocycles. The van der Waals surface area contributed by atoms with Gasteiger partial charge in [0, 0.05) is 13.5 Å². The highest BCUT2D eigenvalue weighted by Crippen LogP contribution is 1.90. The van der Waals surface area contributed by atoms with E-state index < -0.39 is 0 Å². The molecule has 1 aliphatic heterocycles. The molecule has 1 atom stereocenters. The maximum atomic E-state index is 10.5. The average molecular weight is 172 g/mol. The van der Waals surface area contributed by atoms with Crippen LogP contribution >= 0.6 is 0 Å². The van der Waals surface area contributed by atoms with Crippen molar-refractivity contribution in [2.45, 2.75) is 19.4 Å². The van der Waals surface area contributed by atoms with E-state index >= 15 is 0 Å². The summed E-state index contributed by atoms with van der Waals surface area (Å²) in [6.07, 6.45) is 1.14. The first-order chi connectivity index (χ1) is 5.79. The number of carbonyl (C=O) groups excluding carboxylic acids is 1. The van der Waals surface area contributed by atoms with Crippen LogP contribution in [0.4, 0.5) is 0 Å². The molecule has 0 amide bonds. The summed E-state index contributed by atoms with van der Waals surface area (Å²) in [5.41, 5.74) is 0. The number of carbonyl (C=O) groups is 1. The van der Waals surface area contributed by atoms with E-state index in [0.717, 1.165) is 26.1 Å². The summed E-state index contributed by atoms with van der Waals surface area (Å²) in [7, 11) is 0. The fraction of sp³-hybridized carbons (Fsp3) is 0.875. The van der Waals surface area contributed by atoms with E-state index in [-0.39, 0.29) is 12.0 Å². The van der Waals surface area contributed by atoms with Crippen LogP contribution in [0.15, 0.2) is 0 Å². The molecule has 1 unspecified atom stereocenters. The minimum absolute atomic E-state index is 0.207. The Hall–Kier alpha value is -0.610. The van der Waals surface area contributed by atoms with E-state index in [9.17, 15) is 4.79 Å². The Morgan fingerprint density at radius 3 is 3.17 bits per heavy atom. The molecule has 0 spiro atoms. The molecular weight excluding hydrogens is 156 g/mol. The SMILES string of the molecule is CC(=O)OCC1CNCCCN1. The molecule has 1 saturated heterocycles. The van der Waals surface area contributed by atoms with Gasteiger partial charge < -0.3 is 15.4 Å². The van der Waals surface area contributed by atoms with E-state index in [1.807, 2.05) is 0 Å². The molecule has 1 heterocycles. The van der Waals surface area contributed by atoms with Crippen LogP contribution in [0.1, 0.15) is 13.3 Å². The van der Waals surface area contributed by atoms with Gasteiger partial charge in [0.25, 0.3) is 0 Å². The molecule has 70 valence electrons. The molecular formula is C8H16N2O2. The zero-order chi connectivity index (χ0) is 8.81. The highest BCUT2D eigenvalue weighted by Gasteiger charge is 2.11. The Morgan fingerprint density at radius 1 is 1.58 bits per heavy atom. The van der Waals surface area contributed by atoms with Crippen molar-refractivity contribution >= 4 is 5.97 Å². The first-order valence-corrected chi connectivity index (χ1v) is 4.36. The number of ether oxygens (including phenoxy) is 1. The number of hydrogen-bond acceptors (Lipinski definition) is 4. The lowest BCUT2D eigenvalue weighted by molar-refractivity contribution is -0.141. The van der Waals surface area contributed by atoms with Crippen LogP contribution in [0.25, 0.3) is 0 Å². The second-order valence-electron chi connectivity index (χ2n) is 3.01. The molecule has 2 N–H and O–H groups in total. The van der Waals surface area contributed by atoms with E-state index in [1.165, 1.54) is 6.92 Å². The Bertz CT molecular complexity index is 142. The van der Waals surface area contributed by atoms with Crippen LogP contribution in [0, 0.1) is 0 Å². The Kier molecular flexibility index (Phi) is 4.04. The molecule has 1 fully saturated rings. The Morgan fingerprint density at radius 2 is 2.42 bits per heavy atom. The number of hydrogen-bond donors (Lipinski definition) is 2. The number of rotatable bonds is 2. The van der Waals surface area contributed by atoms with E-state index in [1.54, 1.807) is 0 Å². The fourth-order valence-corrected chi connectivity index (χ4v) is 1.20. The summed E-state index contributed by atoms with van der Waals surface area (Å²) < 4.78 is 4.90. The average Bonchev–Trinajstić information content (AvgIpc) is 2.28. The largest absolute Gasteiger partial charge is 0.464 e. The molecule has 0 saturated carbocycles. The van der Waals surface area contributed by atoms with E-state index in [2.05, 4.69) is 10.6 Å². The monoisotopic (exact) mass is 172 g/mol. The second kappa shape index (κ2) is 5.11. The number of nitrogens with one attached hydrogen (secondary N) is 2. The Balaban J connectivity index is 2.16. The maximum Gasteiger partial charge on any atom is 0.302 e. The van der Waals surface area contributed by atoms with Gasteiger partial charge in [0.1, 0.15) is 6.61 Å². The van der Waals surface area contributed by atoms with Crippen LogP contribution in [-0.2, 0) is 9.53 Å². The van der Waals surface area contributed by atoms with Crippen LogP contribution in [0.2, 0.25) is 0 Å². The lowest BCUT2D eigenvalue weighted by Crippen LogP contribution is -2.39. The predicted octanol–water partition coefficient (Wildman–Crippen LogP) is -0.499. The lowest BCUT2D eigenvalue weighted by Gasteiger charge is -2.14. The molecule has 4 nitrogen and oxygen atoms in total. The molecule has 12 heavy (non-hydrogen) atoms. The summed E-state index contributed by atoms with van der Waals surface area (Å²) in [6.45, 7) is 4.84. The first-order valence-electron chi connectivity index (χ1n) is 4.36. The third kappa shape index (κ3) is 3.69. The molecule has 0 bridgehead atoms. The van der Waals surface area contributed by atoms with Gasteiger partial charge in [-0.25, -0.2) is 0 Å². The molecule has 4 heteroatoms. The van der Waals surface area contributed by atoms with Crippen LogP contribution in [-0.4, -0.2) is 38.3 Å². The molecule has 0 radical (unpaired) electrons.